The van der Waals surface area contributed by atoms with Crippen LogP contribution in [-0.2, 0) is 0 Å². The van der Waals surface area contributed by atoms with E-state index in [9.17, 15) is 9.90 Å². The highest BCUT2D eigenvalue weighted by molar-refractivity contribution is 5.68. The minimum Gasteiger partial charge on any atom is -0.465 e. The summed E-state index contributed by atoms with van der Waals surface area (Å²) in [6.45, 7) is 0.617. The summed E-state index contributed by atoms with van der Waals surface area (Å²) in [5.74, 6) is 0.261. The van der Waals surface area contributed by atoms with Gasteiger partial charge in [-0.15, -0.1) is 0 Å². The Hall–Kier alpha value is -2.49. The molecule has 1 saturated heterocycles. The number of hydrogen-bond donors (Lipinski definition) is 2. The van der Waals surface area contributed by atoms with Crippen molar-refractivity contribution in [2.75, 3.05) is 11.9 Å². The number of likely N-dealkylation sites (tertiary alicyclic amines) is 1. The standard InChI is InChI=1S/C19H20N2O2/c22-19(23)21-12-6-10-15-17(13-7-2-1-3-8-13)20-16-11-5-4-9-14(16)18(15)21/h1-5,7-9,11,15,17-18,20H,6,10,12H2,(H,22,23)/t15-,17+,18+/m1/s1. The van der Waals surface area contributed by atoms with Crippen molar-refractivity contribution in [1.29, 1.82) is 0 Å². The Bertz CT molecular complexity index is 716. The summed E-state index contributed by atoms with van der Waals surface area (Å²) in [4.78, 5) is 13.4. The number of benzene rings is 2. The van der Waals surface area contributed by atoms with Crippen molar-refractivity contribution < 1.29 is 9.90 Å². The van der Waals surface area contributed by atoms with Crippen LogP contribution in [0.3, 0.4) is 0 Å². The van der Waals surface area contributed by atoms with Gasteiger partial charge in [0, 0.05) is 18.2 Å². The molecule has 0 spiro atoms. The Morgan fingerprint density at radius 2 is 1.83 bits per heavy atom. The van der Waals surface area contributed by atoms with E-state index in [1.807, 2.05) is 30.3 Å². The van der Waals surface area contributed by atoms with Crippen LogP contribution in [0.25, 0.3) is 0 Å². The Morgan fingerprint density at radius 1 is 1.09 bits per heavy atom. The zero-order valence-corrected chi connectivity index (χ0v) is 12.9. The van der Waals surface area contributed by atoms with Gasteiger partial charge in [-0.05, 0) is 30.0 Å². The molecule has 4 rings (SSSR count). The third-order valence-electron chi connectivity index (χ3n) is 5.10. The van der Waals surface area contributed by atoms with Crippen LogP contribution in [0.4, 0.5) is 10.5 Å². The van der Waals surface area contributed by atoms with Gasteiger partial charge in [0.05, 0.1) is 12.1 Å². The molecule has 4 nitrogen and oxygen atoms in total. The number of fused-ring (bicyclic) bond motifs is 3. The summed E-state index contributed by atoms with van der Waals surface area (Å²) in [6.07, 6.45) is 1.14. The number of rotatable bonds is 1. The Morgan fingerprint density at radius 3 is 2.61 bits per heavy atom. The summed E-state index contributed by atoms with van der Waals surface area (Å²) < 4.78 is 0. The minimum absolute atomic E-state index is 0.0658. The molecule has 2 aromatic carbocycles. The third-order valence-corrected chi connectivity index (χ3v) is 5.10. The highest BCUT2D eigenvalue weighted by Crippen LogP contribution is 2.49. The van der Waals surface area contributed by atoms with Gasteiger partial charge in [0.25, 0.3) is 0 Å². The van der Waals surface area contributed by atoms with E-state index in [1.165, 1.54) is 5.56 Å². The quantitative estimate of drug-likeness (QED) is 0.826. The first-order chi connectivity index (χ1) is 11.3. The molecule has 3 atom stereocenters. The second kappa shape index (κ2) is 5.61. The fourth-order valence-corrected chi connectivity index (χ4v) is 4.14. The van der Waals surface area contributed by atoms with Gasteiger partial charge >= 0.3 is 6.09 Å². The van der Waals surface area contributed by atoms with E-state index in [0.29, 0.717) is 6.54 Å². The van der Waals surface area contributed by atoms with Crippen LogP contribution in [0.1, 0.15) is 36.1 Å². The highest BCUT2D eigenvalue weighted by Gasteiger charge is 2.43. The summed E-state index contributed by atoms with van der Waals surface area (Å²) in [7, 11) is 0. The SMILES string of the molecule is O=C(O)N1CCC[C@@H]2[C@H](c3ccccc3)Nc3ccccc3[C@@H]21. The normalized spacial score (nSPS) is 25.9. The second-order valence-electron chi connectivity index (χ2n) is 6.35. The number of para-hydroxylation sites is 1. The lowest BCUT2D eigenvalue weighted by Crippen LogP contribution is -2.47. The van der Waals surface area contributed by atoms with Gasteiger partial charge in [0.15, 0.2) is 0 Å². The molecule has 23 heavy (non-hydrogen) atoms. The van der Waals surface area contributed by atoms with Crippen molar-refractivity contribution in [3.63, 3.8) is 0 Å². The molecule has 0 radical (unpaired) electrons. The van der Waals surface area contributed by atoms with Gasteiger partial charge in [-0.2, -0.15) is 0 Å². The Kier molecular flexibility index (Phi) is 3.45. The fraction of sp³-hybridized carbons (Fsp3) is 0.316. The summed E-state index contributed by atoms with van der Waals surface area (Å²) in [5, 5.41) is 13.3. The average molecular weight is 308 g/mol. The average Bonchev–Trinajstić information content (AvgIpc) is 2.61. The first-order valence-corrected chi connectivity index (χ1v) is 8.15. The lowest BCUT2D eigenvalue weighted by atomic mass is 9.74. The van der Waals surface area contributed by atoms with Gasteiger partial charge in [-0.3, -0.25) is 0 Å². The largest absolute Gasteiger partial charge is 0.465 e. The molecule has 2 heterocycles. The van der Waals surface area contributed by atoms with Crippen molar-refractivity contribution in [3.8, 4) is 0 Å². The summed E-state index contributed by atoms with van der Waals surface area (Å²) in [5.41, 5.74) is 3.38. The minimum atomic E-state index is -0.816. The van der Waals surface area contributed by atoms with Crippen LogP contribution < -0.4 is 5.32 Å². The van der Waals surface area contributed by atoms with Gasteiger partial charge in [-0.1, -0.05) is 48.5 Å². The molecule has 2 aliphatic heterocycles. The molecule has 2 aliphatic rings. The van der Waals surface area contributed by atoms with Crippen LogP contribution in [0.2, 0.25) is 0 Å². The number of nitrogens with one attached hydrogen (secondary N) is 1. The molecule has 1 fully saturated rings. The smallest absolute Gasteiger partial charge is 0.407 e. The van der Waals surface area contributed by atoms with Crippen molar-refractivity contribution in [3.05, 3.63) is 65.7 Å². The maximum absolute atomic E-state index is 11.8. The van der Waals surface area contributed by atoms with E-state index >= 15 is 0 Å². The van der Waals surface area contributed by atoms with Crippen LogP contribution >= 0.6 is 0 Å². The predicted octanol–water partition coefficient (Wildman–Crippen LogP) is 4.28. The Labute approximate surface area is 135 Å². The summed E-state index contributed by atoms with van der Waals surface area (Å²) in [6, 6.07) is 18.6. The lowest BCUT2D eigenvalue weighted by Gasteiger charge is -2.48. The van der Waals surface area contributed by atoms with E-state index in [4.69, 9.17) is 0 Å². The highest BCUT2D eigenvalue weighted by atomic mass is 16.4. The zero-order chi connectivity index (χ0) is 15.8. The van der Waals surface area contributed by atoms with E-state index in [-0.39, 0.29) is 18.0 Å². The van der Waals surface area contributed by atoms with Crippen molar-refractivity contribution >= 4 is 11.8 Å². The van der Waals surface area contributed by atoms with Crippen LogP contribution in [0.5, 0.6) is 0 Å². The molecule has 4 heteroatoms. The second-order valence-corrected chi connectivity index (χ2v) is 6.35. The number of nitrogens with zero attached hydrogens (tertiary/aromatic N) is 1. The number of carboxylic acid groups (broad SMARTS) is 1. The van der Waals surface area contributed by atoms with Gasteiger partial charge < -0.3 is 15.3 Å². The third kappa shape index (κ3) is 2.34. The molecular formula is C19H20N2O2. The van der Waals surface area contributed by atoms with Gasteiger partial charge in [0.2, 0.25) is 0 Å². The maximum atomic E-state index is 11.8. The van der Waals surface area contributed by atoms with E-state index < -0.39 is 6.09 Å². The van der Waals surface area contributed by atoms with Crippen molar-refractivity contribution in [2.45, 2.75) is 24.9 Å². The monoisotopic (exact) mass is 308 g/mol. The topological polar surface area (TPSA) is 52.6 Å². The predicted molar refractivity (Wildman–Crippen MR) is 89.4 cm³/mol. The first kappa shape index (κ1) is 14.1. The molecule has 0 unspecified atom stereocenters. The molecular weight excluding hydrogens is 288 g/mol. The molecule has 118 valence electrons. The maximum Gasteiger partial charge on any atom is 0.407 e. The van der Waals surface area contributed by atoms with Gasteiger partial charge in [0.1, 0.15) is 0 Å². The molecule has 2 N–H and O–H groups in total. The number of anilines is 1. The van der Waals surface area contributed by atoms with E-state index in [2.05, 4.69) is 29.6 Å². The molecule has 0 aliphatic carbocycles. The molecule has 1 amide bonds. The molecule has 2 aromatic rings. The zero-order valence-electron chi connectivity index (χ0n) is 12.9. The van der Waals surface area contributed by atoms with Crippen LogP contribution in [-0.4, -0.2) is 22.6 Å². The molecule has 0 saturated carbocycles. The molecule has 0 bridgehead atoms. The first-order valence-electron chi connectivity index (χ1n) is 8.15. The Balaban J connectivity index is 1.82. The van der Waals surface area contributed by atoms with Crippen LogP contribution in [0.15, 0.2) is 54.6 Å². The van der Waals surface area contributed by atoms with E-state index in [1.54, 1.807) is 4.90 Å². The van der Waals surface area contributed by atoms with Gasteiger partial charge in [-0.25, -0.2) is 4.79 Å². The van der Waals surface area contributed by atoms with Crippen molar-refractivity contribution in [2.24, 2.45) is 5.92 Å². The molecule has 0 aromatic heterocycles. The van der Waals surface area contributed by atoms with E-state index in [0.717, 1.165) is 24.1 Å². The fourth-order valence-electron chi connectivity index (χ4n) is 4.14. The summed E-state index contributed by atoms with van der Waals surface area (Å²) >= 11 is 0. The van der Waals surface area contributed by atoms with Crippen molar-refractivity contribution in [1.82, 2.24) is 4.90 Å². The number of amides is 1. The number of hydrogen-bond acceptors (Lipinski definition) is 2. The number of piperidine rings is 1. The lowest BCUT2D eigenvalue weighted by molar-refractivity contribution is 0.0682. The van der Waals surface area contributed by atoms with Crippen LogP contribution in [0, 0.1) is 5.92 Å². The number of carbonyl (C=O) groups is 1.